The maximum atomic E-state index is 11.7. The van der Waals surface area contributed by atoms with Crippen LogP contribution in [-0.2, 0) is 19.9 Å². The summed E-state index contributed by atoms with van der Waals surface area (Å²) in [6, 6.07) is 5.59. The molecule has 0 aliphatic heterocycles. The second-order valence-electron chi connectivity index (χ2n) is 3.16. The molecule has 0 aliphatic carbocycles. The number of sulfonamides is 1. The Balaban J connectivity index is 3.02. The van der Waals surface area contributed by atoms with E-state index in [0.29, 0.717) is 0 Å². The van der Waals surface area contributed by atoms with E-state index in [1.54, 1.807) is 6.07 Å². The van der Waals surface area contributed by atoms with Crippen molar-refractivity contribution in [1.29, 1.82) is 5.26 Å². The van der Waals surface area contributed by atoms with Gasteiger partial charge in [0.2, 0.25) is 10.0 Å². The summed E-state index contributed by atoms with van der Waals surface area (Å²) in [6.45, 7) is 0. The largest absolute Gasteiger partial charge is 0.229 e. The molecule has 0 saturated heterocycles. The Bertz CT molecular complexity index is 658. The Morgan fingerprint density at radius 2 is 1.88 bits per heavy atom. The van der Waals surface area contributed by atoms with Crippen LogP contribution in [-0.4, -0.2) is 33.3 Å². The molecule has 0 amide bonds. The van der Waals surface area contributed by atoms with Gasteiger partial charge in [0, 0.05) is 0 Å². The monoisotopic (exact) mass is 275 g/mol. The zero-order valence-electron chi connectivity index (χ0n) is 8.57. The molecule has 0 atom stereocenters. The summed E-state index contributed by atoms with van der Waals surface area (Å²) in [5.74, 6) is -1.35. The number of nitrogens with zero attached hydrogens (tertiary/aromatic N) is 2. The molecule has 0 bridgehead atoms. The van der Waals surface area contributed by atoms with Gasteiger partial charge in [-0.15, -0.1) is 0 Å². The number of sulfone groups is 1. The van der Waals surface area contributed by atoms with Gasteiger partial charge in [0.25, 0.3) is 0 Å². The highest BCUT2D eigenvalue weighted by Crippen LogP contribution is 2.08. The highest BCUT2D eigenvalue weighted by molar-refractivity contribution is 7.94. The van der Waals surface area contributed by atoms with E-state index in [0.717, 1.165) is 0 Å². The van der Waals surface area contributed by atoms with E-state index < -0.39 is 31.4 Å². The molecule has 1 aromatic rings. The van der Waals surface area contributed by atoms with Crippen LogP contribution in [0, 0.1) is 11.3 Å². The summed E-state index contributed by atoms with van der Waals surface area (Å²) in [5, 5.41) is 12.9. The zero-order chi connectivity index (χ0) is 13.1. The van der Waals surface area contributed by atoms with Gasteiger partial charge < -0.3 is 0 Å². The van der Waals surface area contributed by atoms with Gasteiger partial charge in [-0.05, 0) is 12.1 Å². The Morgan fingerprint density at radius 1 is 1.24 bits per heavy atom. The summed E-state index contributed by atoms with van der Waals surface area (Å²) in [5.41, 5.74) is -0.0540. The van der Waals surface area contributed by atoms with Crippen molar-refractivity contribution in [2.75, 3.05) is 11.5 Å². The first-order valence-electron chi connectivity index (χ1n) is 4.35. The third kappa shape index (κ3) is 4.10. The van der Waals surface area contributed by atoms with Crippen LogP contribution in [0.5, 0.6) is 0 Å². The number of primary sulfonamides is 1. The fourth-order valence-corrected chi connectivity index (χ4v) is 3.52. The van der Waals surface area contributed by atoms with Crippen molar-refractivity contribution in [2.45, 2.75) is 5.03 Å². The molecule has 0 unspecified atom stereocenters. The Labute approximate surface area is 98.9 Å². The molecular weight excluding hydrogens is 266 g/mol. The van der Waals surface area contributed by atoms with Crippen LogP contribution in [0.2, 0.25) is 0 Å². The van der Waals surface area contributed by atoms with E-state index in [2.05, 4.69) is 4.98 Å². The normalized spacial score (nSPS) is 12.0. The van der Waals surface area contributed by atoms with Crippen LogP contribution in [0.1, 0.15) is 5.69 Å². The van der Waals surface area contributed by atoms with E-state index in [1.807, 2.05) is 0 Å². The maximum absolute atomic E-state index is 11.7. The maximum Gasteiger partial charge on any atom is 0.210 e. The first-order chi connectivity index (χ1) is 7.74. The first-order valence-corrected chi connectivity index (χ1v) is 7.72. The van der Waals surface area contributed by atoms with Gasteiger partial charge in [0.15, 0.2) is 14.9 Å². The lowest BCUT2D eigenvalue weighted by Gasteiger charge is -2.02. The minimum Gasteiger partial charge on any atom is -0.229 e. The van der Waals surface area contributed by atoms with Crippen molar-refractivity contribution in [3.8, 4) is 6.07 Å². The molecule has 0 saturated carbocycles. The molecule has 9 heteroatoms. The van der Waals surface area contributed by atoms with Crippen molar-refractivity contribution in [3.63, 3.8) is 0 Å². The summed E-state index contributed by atoms with van der Waals surface area (Å²) < 4.78 is 44.7. The molecule has 1 aromatic heterocycles. The third-order valence-corrected chi connectivity index (χ3v) is 4.43. The van der Waals surface area contributed by atoms with Crippen molar-refractivity contribution >= 4 is 19.9 Å². The quantitative estimate of drug-likeness (QED) is 0.751. The SMILES string of the molecule is N#Cc1cccc(S(=O)(=O)CCS(N)(=O)=O)n1. The second kappa shape index (κ2) is 4.79. The molecule has 17 heavy (non-hydrogen) atoms. The lowest BCUT2D eigenvalue weighted by atomic mass is 10.4. The highest BCUT2D eigenvalue weighted by atomic mass is 32.2. The fraction of sp³-hybridized carbons (Fsp3) is 0.250. The van der Waals surface area contributed by atoms with Gasteiger partial charge in [0.05, 0.1) is 11.5 Å². The molecule has 1 rings (SSSR count). The number of aromatic nitrogens is 1. The molecule has 1 heterocycles. The average molecular weight is 275 g/mol. The Kier molecular flexibility index (Phi) is 3.82. The number of nitrogens with two attached hydrogens (primary N) is 1. The zero-order valence-corrected chi connectivity index (χ0v) is 10.2. The van der Waals surface area contributed by atoms with Gasteiger partial charge in [-0.3, -0.25) is 0 Å². The van der Waals surface area contributed by atoms with Crippen LogP contribution >= 0.6 is 0 Å². The Hall–Kier alpha value is -1.50. The lowest BCUT2D eigenvalue weighted by molar-refractivity contribution is 0.586. The molecule has 0 aliphatic rings. The van der Waals surface area contributed by atoms with Crippen molar-refractivity contribution in [1.82, 2.24) is 4.98 Å². The van der Waals surface area contributed by atoms with Crippen LogP contribution < -0.4 is 5.14 Å². The molecule has 0 spiro atoms. The van der Waals surface area contributed by atoms with E-state index in [4.69, 9.17) is 10.4 Å². The average Bonchev–Trinajstić information content (AvgIpc) is 2.26. The number of hydrogen-bond acceptors (Lipinski definition) is 6. The standard InChI is InChI=1S/C8H9N3O4S2/c9-6-7-2-1-3-8(11-7)16(12,13)4-5-17(10,14)15/h1-3H,4-5H2,(H2,10,14,15). The van der Waals surface area contributed by atoms with Crippen molar-refractivity contribution in [2.24, 2.45) is 5.14 Å². The van der Waals surface area contributed by atoms with E-state index in [1.165, 1.54) is 18.2 Å². The minimum absolute atomic E-state index is 0.0540. The van der Waals surface area contributed by atoms with Crippen LogP contribution in [0.25, 0.3) is 0 Å². The molecule has 0 radical (unpaired) electrons. The smallest absolute Gasteiger partial charge is 0.210 e. The number of nitriles is 1. The number of rotatable bonds is 4. The Morgan fingerprint density at radius 3 is 2.41 bits per heavy atom. The number of pyridine rings is 1. The number of hydrogen-bond donors (Lipinski definition) is 1. The summed E-state index contributed by atoms with van der Waals surface area (Å²) in [4.78, 5) is 3.58. The molecule has 2 N–H and O–H groups in total. The van der Waals surface area contributed by atoms with Crippen LogP contribution in [0.3, 0.4) is 0 Å². The van der Waals surface area contributed by atoms with E-state index in [9.17, 15) is 16.8 Å². The predicted octanol–water partition coefficient (Wildman–Crippen LogP) is -0.985. The van der Waals surface area contributed by atoms with Crippen LogP contribution in [0.15, 0.2) is 23.2 Å². The molecule has 0 fully saturated rings. The lowest BCUT2D eigenvalue weighted by Crippen LogP contribution is -2.23. The van der Waals surface area contributed by atoms with Crippen molar-refractivity contribution < 1.29 is 16.8 Å². The molecular formula is C8H9N3O4S2. The molecule has 7 nitrogen and oxygen atoms in total. The van der Waals surface area contributed by atoms with E-state index >= 15 is 0 Å². The highest BCUT2D eigenvalue weighted by Gasteiger charge is 2.19. The minimum atomic E-state index is -3.85. The summed E-state index contributed by atoms with van der Waals surface area (Å²) >= 11 is 0. The van der Waals surface area contributed by atoms with Crippen LogP contribution in [0.4, 0.5) is 0 Å². The van der Waals surface area contributed by atoms with Gasteiger partial charge in [-0.1, -0.05) is 6.07 Å². The topological polar surface area (TPSA) is 131 Å². The summed E-state index contributed by atoms with van der Waals surface area (Å²) in [7, 11) is -7.70. The predicted molar refractivity (Wildman–Crippen MR) is 59.0 cm³/mol. The van der Waals surface area contributed by atoms with Gasteiger partial charge in [-0.25, -0.2) is 27.0 Å². The van der Waals surface area contributed by atoms with E-state index in [-0.39, 0.29) is 10.7 Å². The fourth-order valence-electron chi connectivity index (χ4n) is 0.981. The summed E-state index contributed by atoms with van der Waals surface area (Å²) in [6.07, 6.45) is 0. The van der Waals surface area contributed by atoms with Gasteiger partial charge >= 0.3 is 0 Å². The van der Waals surface area contributed by atoms with Gasteiger partial charge in [-0.2, -0.15) is 5.26 Å². The molecule has 0 aromatic carbocycles. The third-order valence-electron chi connectivity index (χ3n) is 1.79. The second-order valence-corrected chi connectivity index (χ2v) is 6.95. The first kappa shape index (κ1) is 13.6. The van der Waals surface area contributed by atoms with Crippen molar-refractivity contribution in [3.05, 3.63) is 23.9 Å². The molecule has 92 valence electrons. The van der Waals surface area contributed by atoms with Gasteiger partial charge in [0.1, 0.15) is 11.8 Å².